The van der Waals surface area contributed by atoms with Gasteiger partial charge in [-0.25, -0.2) is 12.7 Å². The summed E-state index contributed by atoms with van der Waals surface area (Å²) in [4.78, 5) is 4.02. The van der Waals surface area contributed by atoms with E-state index in [1.165, 1.54) is 10.6 Å². The lowest BCUT2D eigenvalue weighted by atomic mass is 10.0. The Morgan fingerprint density at radius 1 is 1.53 bits per heavy atom. The first-order valence-electron chi connectivity index (χ1n) is 6.13. The minimum absolute atomic E-state index is 0.238. The lowest BCUT2D eigenvalue weighted by Gasteiger charge is -2.30. The number of pyridine rings is 1. The Morgan fingerprint density at radius 2 is 2.32 bits per heavy atom. The van der Waals surface area contributed by atoms with E-state index in [0.717, 1.165) is 17.3 Å². The Kier molecular flexibility index (Phi) is 4.81. The Bertz CT molecular complexity index is 536. The van der Waals surface area contributed by atoms with Gasteiger partial charge >= 0.3 is 0 Å². The van der Waals surface area contributed by atoms with Crippen molar-refractivity contribution in [2.75, 3.05) is 26.0 Å². The number of ether oxygens (including phenoxy) is 1. The fraction of sp³-hybridized carbons (Fsp3) is 0.583. The van der Waals surface area contributed by atoms with Crippen LogP contribution in [0.1, 0.15) is 12.8 Å². The number of hydrogen-bond donors (Lipinski definition) is 0. The molecule has 1 aromatic heterocycles. The average molecular weight is 349 g/mol. The molecule has 1 unspecified atom stereocenters. The lowest BCUT2D eigenvalue weighted by molar-refractivity contribution is 0.180. The van der Waals surface area contributed by atoms with E-state index in [1.807, 2.05) is 6.07 Å². The second-order valence-corrected chi connectivity index (χ2v) is 7.68. The van der Waals surface area contributed by atoms with Crippen molar-refractivity contribution in [2.24, 2.45) is 5.92 Å². The molecule has 106 valence electrons. The number of nitrogens with zero attached hydrogens (tertiary/aromatic N) is 2. The molecule has 2 heterocycles. The number of halogens is 1. The van der Waals surface area contributed by atoms with E-state index in [9.17, 15) is 8.42 Å². The number of rotatable bonds is 4. The summed E-state index contributed by atoms with van der Waals surface area (Å²) in [7, 11) is -3.09. The summed E-state index contributed by atoms with van der Waals surface area (Å²) in [6.07, 6.45) is 6.49. The number of hydrogen-bond acceptors (Lipinski definition) is 4. The van der Waals surface area contributed by atoms with Crippen molar-refractivity contribution in [1.82, 2.24) is 9.29 Å². The molecule has 7 heteroatoms. The highest BCUT2D eigenvalue weighted by Gasteiger charge is 2.26. The maximum atomic E-state index is 11.5. The van der Waals surface area contributed by atoms with E-state index < -0.39 is 10.0 Å². The quantitative estimate of drug-likeness (QED) is 0.833. The van der Waals surface area contributed by atoms with Gasteiger partial charge in [0.15, 0.2) is 0 Å². The first-order chi connectivity index (χ1) is 8.95. The van der Waals surface area contributed by atoms with E-state index >= 15 is 0 Å². The first kappa shape index (κ1) is 14.7. The average Bonchev–Trinajstić information content (AvgIpc) is 2.36. The van der Waals surface area contributed by atoms with Gasteiger partial charge in [0.05, 0.1) is 19.1 Å². The zero-order valence-electron chi connectivity index (χ0n) is 10.8. The van der Waals surface area contributed by atoms with E-state index in [0.29, 0.717) is 25.4 Å². The van der Waals surface area contributed by atoms with E-state index in [-0.39, 0.29) is 5.92 Å². The molecule has 1 aromatic rings. The van der Waals surface area contributed by atoms with Crippen LogP contribution in [0.3, 0.4) is 0 Å². The summed E-state index contributed by atoms with van der Waals surface area (Å²) in [5.41, 5.74) is 0. The van der Waals surface area contributed by atoms with Crippen molar-refractivity contribution < 1.29 is 13.2 Å². The molecule has 1 fully saturated rings. The number of sulfonamides is 1. The van der Waals surface area contributed by atoms with Crippen molar-refractivity contribution >= 4 is 26.0 Å². The van der Waals surface area contributed by atoms with Gasteiger partial charge in [-0.2, -0.15) is 0 Å². The molecule has 0 saturated carbocycles. The van der Waals surface area contributed by atoms with Gasteiger partial charge in [-0.3, -0.25) is 4.98 Å². The molecule has 1 aliphatic heterocycles. The van der Waals surface area contributed by atoms with Crippen LogP contribution in [0.5, 0.6) is 5.75 Å². The van der Waals surface area contributed by atoms with Gasteiger partial charge in [0.1, 0.15) is 5.75 Å². The van der Waals surface area contributed by atoms with E-state index in [2.05, 4.69) is 20.9 Å². The van der Waals surface area contributed by atoms with Crippen LogP contribution in [-0.2, 0) is 10.0 Å². The highest BCUT2D eigenvalue weighted by molar-refractivity contribution is 9.10. The summed E-state index contributed by atoms with van der Waals surface area (Å²) >= 11 is 3.33. The van der Waals surface area contributed by atoms with Crippen molar-refractivity contribution in [3.8, 4) is 5.75 Å². The van der Waals surface area contributed by atoms with Crippen molar-refractivity contribution in [3.63, 3.8) is 0 Å². The fourth-order valence-electron chi connectivity index (χ4n) is 2.15. The number of piperidine rings is 1. The molecule has 0 spiro atoms. The topological polar surface area (TPSA) is 59.5 Å². The molecular weight excluding hydrogens is 332 g/mol. The van der Waals surface area contributed by atoms with Crippen LogP contribution >= 0.6 is 15.9 Å². The highest BCUT2D eigenvalue weighted by atomic mass is 79.9. The number of aromatic nitrogens is 1. The Labute approximate surface area is 122 Å². The monoisotopic (exact) mass is 348 g/mol. The molecule has 0 aromatic carbocycles. The highest BCUT2D eigenvalue weighted by Crippen LogP contribution is 2.21. The molecule has 19 heavy (non-hydrogen) atoms. The molecular formula is C12H17BrN2O3S. The predicted octanol–water partition coefficient (Wildman–Crippen LogP) is 1.89. The minimum Gasteiger partial charge on any atom is -0.492 e. The second-order valence-electron chi connectivity index (χ2n) is 4.78. The van der Waals surface area contributed by atoms with Crippen LogP contribution < -0.4 is 4.74 Å². The zero-order valence-corrected chi connectivity index (χ0v) is 13.2. The molecule has 0 aliphatic carbocycles. The van der Waals surface area contributed by atoms with Gasteiger partial charge in [0, 0.05) is 29.7 Å². The van der Waals surface area contributed by atoms with Crippen molar-refractivity contribution in [3.05, 3.63) is 22.9 Å². The maximum Gasteiger partial charge on any atom is 0.211 e. The van der Waals surface area contributed by atoms with Crippen LogP contribution in [0.2, 0.25) is 0 Å². The SMILES string of the molecule is CS(=O)(=O)N1CCCC(COc2cncc(Br)c2)C1. The van der Waals surface area contributed by atoms with Crippen molar-refractivity contribution in [2.45, 2.75) is 12.8 Å². The van der Waals surface area contributed by atoms with E-state index in [1.54, 1.807) is 12.4 Å². The van der Waals surface area contributed by atoms with Crippen molar-refractivity contribution in [1.29, 1.82) is 0 Å². The molecule has 5 nitrogen and oxygen atoms in total. The molecule has 0 amide bonds. The summed E-state index contributed by atoms with van der Waals surface area (Å²) in [5, 5.41) is 0. The van der Waals surface area contributed by atoms with Crippen LogP contribution in [0.4, 0.5) is 0 Å². The summed E-state index contributed by atoms with van der Waals surface area (Å²) in [6.45, 7) is 1.68. The summed E-state index contributed by atoms with van der Waals surface area (Å²) in [5.74, 6) is 0.938. The smallest absolute Gasteiger partial charge is 0.211 e. The molecule has 1 saturated heterocycles. The van der Waals surface area contributed by atoms with Gasteiger partial charge < -0.3 is 4.74 Å². The Morgan fingerprint density at radius 3 is 3.00 bits per heavy atom. The zero-order chi connectivity index (χ0) is 13.9. The predicted molar refractivity (Wildman–Crippen MR) is 76.6 cm³/mol. The molecule has 1 aliphatic rings. The molecule has 0 radical (unpaired) electrons. The summed E-state index contributed by atoms with van der Waals surface area (Å²) in [6, 6.07) is 1.85. The minimum atomic E-state index is -3.09. The van der Waals surface area contributed by atoms with Crippen LogP contribution in [-0.4, -0.2) is 43.7 Å². The molecule has 0 bridgehead atoms. The van der Waals surface area contributed by atoms with Gasteiger partial charge in [-0.05, 0) is 34.8 Å². The molecule has 0 N–H and O–H groups in total. The fourth-order valence-corrected chi connectivity index (χ4v) is 3.44. The third kappa shape index (κ3) is 4.43. The van der Waals surface area contributed by atoms with Crippen LogP contribution in [0.25, 0.3) is 0 Å². The second kappa shape index (κ2) is 6.19. The Balaban J connectivity index is 1.89. The normalized spacial score (nSPS) is 21.3. The van der Waals surface area contributed by atoms with Crippen LogP contribution in [0, 0.1) is 5.92 Å². The lowest BCUT2D eigenvalue weighted by Crippen LogP contribution is -2.40. The third-order valence-electron chi connectivity index (χ3n) is 3.12. The maximum absolute atomic E-state index is 11.5. The largest absolute Gasteiger partial charge is 0.492 e. The van der Waals surface area contributed by atoms with Gasteiger partial charge in [0.2, 0.25) is 10.0 Å². The van der Waals surface area contributed by atoms with E-state index in [4.69, 9.17) is 4.74 Å². The van der Waals surface area contributed by atoms with Gasteiger partial charge in [0.25, 0.3) is 0 Å². The van der Waals surface area contributed by atoms with Gasteiger partial charge in [-0.15, -0.1) is 0 Å². The summed E-state index contributed by atoms with van der Waals surface area (Å²) < 4.78 is 31.1. The standard InChI is InChI=1S/C12H17BrN2O3S/c1-19(16,17)15-4-2-3-10(8-15)9-18-12-5-11(13)6-14-7-12/h5-7,10H,2-4,8-9H2,1H3. The third-order valence-corrected chi connectivity index (χ3v) is 4.82. The van der Waals surface area contributed by atoms with Crippen LogP contribution in [0.15, 0.2) is 22.9 Å². The molecule has 2 rings (SSSR count). The first-order valence-corrected chi connectivity index (χ1v) is 8.78. The molecule has 1 atom stereocenters. The Hall–Kier alpha value is -0.660. The van der Waals surface area contributed by atoms with Gasteiger partial charge in [-0.1, -0.05) is 0 Å².